The van der Waals surface area contributed by atoms with Crippen LogP contribution in [0.3, 0.4) is 0 Å². The number of halogens is 1. The average Bonchev–Trinajstić information content (AvgIpc) is 2.82. The van der Waals surface area contributed by atoms with Gasteiger partial charge in [0.05, 0.1) is 5.52 Å². The highest BCUT2D eigenvalue weighted by Gasteiger charge is 2.10. The maximum atomic E-state index is 11.9. The fraction of sp³-hybridized carbons (Fsp3) is 0. The fourth-order valence-electron chi connectivity index (χ4n) is 1.93. The molecule has 5 nitrogen and oxygen atoms in total. The van der Waals surface area contributed by atoms with Gasteiger partial charge in [-0.25, -0.2) is 0 Å². The third-order valence-electron chi connectivity index (χ3n) is 2.99. The van der Waals surface area contributed by atoms with Crippen LogP contribution in [0.15, 0.2) is 63.2 Å². The van der Waals surface area contributed by atoms with E-state index in [1.807, 2.05) is 18.2 Å². The van der Waals surface area contributed by atoms with Crippen molar-refractivity contribution in [1.82, 2.24) is 4.98 Å². The lowest BCUT2D eigenvalue weighted by atomic mass is 10.2. The van der Waals surface area contributed by atoms with E-state index in [1.165, 1.54) is 0 Å². The second-order valence-corrected chi connectivity index (χ2v) is 5.30. The topological polar surface area (TPSA) is 77.8 Å². The molecule has 6 heteroatoms. The van der Waals surface area contributed by atoms with Gasteiger partial charge in [0.15, 0.2) is 11.6 Å². The largest absolute Gasteiger partial charge is 0.504 e. The Hall–Kier alpha value is -2.47. The van der Waals surface area contributed by atoms with Crippen molar-refractivity contribution < 1.29 is 9.90 Å². The van der Waals surface area contributed by atoms with Crippen LogP contribution < -0.4 is 0 Å². The molecule has 0 fully saturated rings. The first-order valence-corrected chi connectivity index (χ1v) is 6.96. The number of para-hydroxylation sites is 1. The number of aromatic hydroxyl groups is 1. The van der Waals surface area contributed by atoms with Crippen molar-refractivity contribution in [2.45, 2.75) is 0 Å². The van der Waals surface area contributed by atoms with E-state index in [1.54, 1.807) is 30.3 Å². The van der Waals surface area contributed by atoms with Crippen molar-refractivity contribution in [2.24, 2.45) is 10.2 Å². The number of rotatable bonds is 2. The standard InChI is InChI=1S/C15H10BrN3O2/c16-10-7-5-9(6-8-10)15(21)19-18-14-13(20)11-3-1-2-4-12(11)17-14/h1-8,17,20H. The summed E-state index contributed by atoms with van der Waals surface area (Å²) in [5.41, 5.74) is 1.16. The van der Waals surface area contributed by atoms with Gasteiger partial charge in [-0.15, -0.1) is 10.2 Å². The number of aromatic nitrogens is 1. The first-order chi connectivity index (χ1) is 10.1. The number of hydrogen-bond donors (Lipinski definition) is 2. The highest BCUT2D eigenvalue weighted by atomic mass is 79.9. The van der Waals surface area contributed by atoms with Gasteiger partial charge in [-0.3, -0.25) is 4.79 Å². The number of carbonyl (C=O) groups is 1. The minimum absolute atomic E-state index is 0.0158. The van der Waals surface area contributed by atoms with E-state index < -0.39 is 5.91 Å². The predicted molar refractivity (Wildman–Crippen MR) is 83.0 cm³/mol. The Labute approximate surface area is 128 Å². The van der Waals surface area contributed by atoms with E-state index in [0.717, 1.165) is 9.99 Å². The molecule has 0 saturated heterocycles. The molecule has 0 bridgehead atoms. The average molecular weight is 344 g/mol. The lowest BCUT2D eigenvalue weighted by molar-refractivity contribution is 0.0995. The second-order valence-electron chi connectivity index (χ2n) is 4.38. The van der Waals surface area contributed by atoms with Crippen molar-refractivity contribution in [3.05, 3.63) is 58.6 Å². The van der Waals surface area contributed by atoms with Gasteiger partial charge >= 0.3 is 0 Å². The summed E-state index contributed by atoms with van der Waals surface area (Å²) in [5, 5.41) is 18.1. The number of H-pyrrole nitrogens is 1. The molecule has 0 aliphatic rings. The number of nitrogens with zero attached hydrogens (tertiary/aromatic N) is 2. The first-order valence-electron chi connectivity index (χ1n) is 6.16. The Bertz CT molecular complexity index is 838. The number of nitrogens with one attached hydrogen (secondary N) is 1. The van der Waals surface area contributed by atoms with Crippen LogP contribution in [-0.2, 0) is 0 Å². The highest BCUT2D eigenvalue weighted by molar-refractivity contribution is 9.10. The molecule has 1 amide bonds. The molecule has 0 spiro atoms. The van der Waals surface area contributed by atoms with Crippen LogP contribution in [0.5, 0.6) is 5.75 Å². The van der Waals surface area contributed by atoms with Crippen LogP contribution in [0.1, 0.15) is 10.4 Å². The summed E-state index contributed by atoms with van der Waals surface area (Å²) in [6, 6.07) is 14.0. The van der Waals surface area contributed by atoms with Crippen molar-refractivity contribution >= 4 is 38.6 Å². The summed E-state index contributed by atoms with van der Waals surface area (Å²) in [5.74, 6) is -0.319. The number of hydrogen-bond acceptors (Lipinski definition) is 3. The Kier molecular flexibility index (Phi) is 3.53. The van der Waals surface area contributed by atoms with Crippen LogP contribution in [0, 0.1) is 0 Å². The molecule has 21 heavy (non-hydrogen) atoms. The summed E-state index contributed by atoms with van der Waals surface area (Å²) in [7, 11) is 0. The molecule has 0 aliphatic carbocycles. The molecule has 0 aliphatic heterocycles. The van der Waals surface area contributed by atoms with Gasteiger partial charge in [0.1, 0.15) is 0 Å². The lowest BCUT2D eigenvalue weighted by Crippen LogP contribution is -1.92. The molecule has 104 valence electrons. The molecule has 0 radical (unpaired) electrons. The zero-order valence-corrected chi connectivity index (χ0v) is 12.3. The normalized spacial score (nSPS) is 11.3. The highest BCUT2D eigenvalue weighted by Crippen LogP contribution is 2.34. The zero-order chi connectivity index (χ0) is 14.8. The van der Waals surface area contributed by atoms with Crippen LogP contribution in [0.4, 0.5) is 5.82 Å². The Morgan fingerprint density at radius 2 is 1.81 bits per heavy atom. The van der Waals surface area contributed by atoms with Gasteiger partial charge in [0.2, 0.25) is 0 Å². The molecule has 0 saturated carbocycles. The minimum Gasteiger partial charge on any atom is -0.504 e. The number of azo groups is 1. The van der Waals surface area contributed by atoms with E-state index in [0.29, 0.717) is 10.9 Å². The quantitative estimate of drug-likeness (QED) is 0.669. The fourth-order valence-corrected chi connectivity index (χ4v) is 2.20. The van der Waals surface area contributed by atoms with Crippen molar-refractivity contribution in [2.75, 3.05) is 0 Å². The van der Waals surface area contributed by atoms with Gasteiger partial charge in [0.25, 0.3) is 5.91 Å². The van der Waals surface area contributed by atoms with E-state index in [-0.39, 0.29) is 11.6 Å². The summed E-state index contributed by atoms with van der Waals surface area (Å²) in [6.45, 7) is 0. The summed E-state index contributed by atoms with van der Waals surface area (Å²) in [4.78, 5) is 14.8. The Balaban J connectivity index is 1.89. The molecule has 1 heterocycles. The van der Waals surface area contributed by atoms with E-state index >= 15 is 0 Å². The van der Waals surface area contributed by atoms with Crippen molar-refractivity contribution in [1.29, 1.82) is 0 Å². The molecular formula is C15H10BrN3O2. The summed E-state index contributed by atoms with van der Waals surface area (Å²) >= 11 is 3.30. The van der Waals surface area contributed by atoms with E-state index in [9.17, 15) is 9.90 Å². The maximum absolute atomic E-state index is 11.9. The van der Waals surface area contributed by atoms with Gasteiger partial charge in [-0.05, 0) is 36.4 Å². The third kappa shape index (κ3) is 2.71. The van der Waals surface area contributed by atoms with E-state index in [4.69, 9.17) is 0 Å². The summed E-state index contributed by atoms with van der Waals surface area (Å²) in [6.07, 6.45) is 0. The van der Waals surface area contributed by atoms with Gasteiger partial charge in [0, 0.05) is 15.4 Å². The molecule has 3 aromatic rings. The van der Waals surface area contributed by atoms with Crippen LogP contribution >= 0.6 is 15.9 Å². The van der Waals surface area contributed by atoms with Crippen LogP contribution in [0.25, 0.3) is 10.9 Å². The number of benzene rings is 2. The molecule has 0 unspecified atom stereocenters. The summed E-state index contributed by atoms with van der Waals surface area (Å²) < 4.78 is 0.879. The lowest BCUT2D eigenvalue weighted by Gasteiger charge is -1.94. The second kappa shape index (κ2) is 5.49. The SMILES string of the molecule is O=C(N=Nc1[nH]c2ccccc2c1O)c1ccc(Br)cc1. The molecule has 2 aromatic carbocycles. The minimum atomic E-state index is -0.472. The maximum Gasteiger partial charge on any atom is 0.295 e. The number of fused-ring (bicyclic) bond motifs is 1. The Morgan fingerprint density at radius 1 is 1.10 bits per heavy atom. The van der Waals surface area contributed by atoms with Gasteiger partial charge in [-0.1, -0.05) is 28.1 Å². The van der Waals surface area contributed by atoms with Crippen LogP contribution in [0.2, 0.25) is 0 Å². The molecular weight excluding hydrogens is 334 g/mol. The predicted octanol–water partition coefficient (Wildman–Crippen LogP) is 4.56. The third-order valence-corrected chi connectivity index (χ3v) is 3.52. The zero-order valence-electron chi connectivity index (χ0n) is 10.7. The number of carbonyl (C=O) groups excluding carboxylic acids is 1. The molecule has 2 N–H and O–H groups in total. The van der Waals surface area contributed by atoms with Gasteiger partial charge < -0.3 is 10.1 Å². The van der Waals surface area contributed by atoms with Crippen LogP contribution in [-0.4, -0.2) is 16.0 Å². The first kappa shape index (κ1) is 13.5. The Morgan fingerprint density at radius 3 is 2.52 bits per heavy atom. The number of amides is 1. The molecule has 1 aromatic heterocycles. The molecule has 0 atom stereocenters. The van der Waals surface area contributed by atoms with E-state index in [2.05, 4.69) is 31.1 Å². The monoisotopic (exact) mass is 343 g/mol. The van der Waals surface area contributed by atoms with Crippen molar-refractivity contribution in [3.63, 3.8) is 0 Å². The van der Waals surface area contributed by atoms with Gasteiger partial charge in [-0.2, -0.15) is 0 Å². The van der Waals surface area contributed by atoms with Crippen molar-refractivity contribution in [3.8, 4) is 5.75 Å². The smallest absolute Gasteiger partial charge is 0.295 e. The molecule has 3 rings (SSSR count). The number of aromatic amines is 1.